The first-order chi connectivity index (χ1) is 9.19. The highest BCUT2D eigenvalue weighted by molar-refractivity contribution is 6.31. The zero-order chi connectivity index (χ0) is 15.5. The zero-order valence-electron chi connectivity index (χ0n) is 12.7. The quantitative estimate of drug-likeness (QED) is 0.498. The summed E-state index contributed by atoms with van der Waals surface area (Å²) in [4.78, 5) is 11.6. The minimum atomic E-state index is -0.696. The molecule has 0 aromatic heterocycles. The number of amides is 1. The van der Waals surface area contributed by atoms with Gasteiger partial charge in [-0.25, -0.2) is 5.84 Å². The number of hydrogen-bond donors (Lipinski definition) is 2. The molecule has 0 spiro atoms. The van der Waals surface area contributed by atoms with Crippen molar-refractivity contribution in [3.63, 3.8) is 0 Å². The van der Waals surface area contributed by atoms with Crippen LogP contribution in [-0.4, -0.2) is 12.5 Å². The van der Waals surface area contributed by atoms with Gasteiger partial charge in [-0.2, -0.15) is 0 Å². The van der Waals surface area contributed by atoms with E-state index in [-0.39, 0.29) is 12.5 Å². The highest BCUT2D eigenvalue weighted by Gasteiger charge is 2.28. The van der Waals surface area contributed by atoms with E-state index in [1.165, 1.54) is 0 Å². The molecule has 1 amide bonds. The number of nitrogens with two attached hydrogens (primary N) is 1. The van der Waals surface area contributed by atoms with Gasteiger partial charge in [0.05, 0.1) is 5.41 Å². The summed E-state index contributed by atoms with van der Waals surface area (Å²) in [5, 5.41) is 0.740. The standard InChI is InChI=1S/C15H23ClN2O2/c1-9(2)11-7-13(10(3)6-12(11)16)20-8-15(4,5)14(19)18-17/h6-7,9H,8,17H2,1-5H3,(H,18,19). The van der Waals surface area contributed by atoms with Crippen LogP contribution < -0.4 is 16.0 Å². The Balaban J connectivity index is 2.93. The van der Waals surface area contributed by atoms with Crippen LogP contribution in [-0.2, 0) is 4.79 Å². The largest absolute Gasteiger partial charge is 0.492 e. The Morgan fingerprint density at radius 2 is 2.05 bits per heavy atom. The number of rotatable bonds is 5. The van der Waals surface area contributed by atoms with Crippen LogP contribution in [0.25, 0.3) is 0 Å². The van der Waals surface area contributed by atoms with Crippen molar-refractivity contribution < 1.29 is 9.53 Å². The molecule has 1 aromatic carbocycles. The van der Waals surface area contributed by atoms with Gasteiger partial charge in [0, 0.05) is 5.02 Å². The Kier molecular flexibility index (Phi) is 5.42. The van der Waals surface area contributed by atoms with Crippen molar-refractivity contribution in [2.24, 2.45) is 11.3 Å². The molecule has 0 saturated heterocycles. The molecule has 0 aliphatic rings. The molecule has 1 rings (SSSR count). The smallest absolute Gasteiger partial charge is 0.242 e. The van der Waals surface area contributed by atoms with Crippen molar-refractivity contribution in [1.82, 2.24) is 5.43 Å². The molecular weight excluding hydrogens is 276 g/mol. The highest BCUT2D eigenvalue weighted by atomic mass is 35.5. The van der Waals surface area contributed by atoms with E-state index in [0.29, 0.717) is 5.92 Å². The monoisotopic (exact) mass is 298 g/mol. The fourth-order valence-corrected chi connectivity index (χ4v) is 2.22. The van der Waals surface area contributed by atoms with Crippen molar-refractivity contribution in [2.75, 3.05) is 6.61 Å². The maximum absolute atomic E-state index is 11.6. The average molecular weight is 299 g/mol. The Bertz CT molecular complexity index is 499. The lowest BCUT2D eigenvalue weighted by Gasteiger charge is -2.23. The second-order valence-corrected chi connectivity index (χ2v) is 6.35. The molecule has 0 aliphatic carbocycles. The van der Waals surface area contributed by atoms with Gasteiger partial charge in [-0.15, -0.1) is 0 Å². The summed E-state index contributed by atoms with van der Waals surface area (Å²) in [5.41, 5.74) is 3.44. The fourth-order valence-electron chi connectivity index (χ4n) is 1.79. The van der Waals surface area contributed by atoms with Gasteiger partial charge in [0.15, 0.2) is 0 Å². The number of aryl methyl sites for hydroxylation is 1. The molecule has 0 aliphatic heterocycles. The van der Waals surface area contributed by atoms with Gasteiger partial charge in [-0.3, -0.25) is 10.2 Å². The van der Waals surface area contributed by atoms with Crippen LogP contribution >= 0.6 is 11.6 Å². The van der Waals surface area contributed by atoms with E-state index in [1.54, 1.807) is 13.8 Å². The van der Waals surface area contributed by atoms with E-state index in [2.05, 4.69) is 19.3 Å². The van der Waals surface area contributed by atoms with E-state index in [0.717, 1.165) is 21.9 Å². The van der Waals surface area contributed by atoms with Gasteiger partial charge in [-0.05, 0) is 49.9 Å². The van der Waals surface area contributed by atoms with E-state index in [4.69, 9.17) is 22.2 Å². The molecule has 3 N–H and O–H groups in total. The zero-order valence-corrected chi connectivity index (χ0v) is 13.5. The maximum Gasteiger partial charge on any atom is 0.242 e. The number of hydrogen-bond acceptors (Lipinski definition) is 3. The highest BCUT2D eigenvalue weighted by Crippen LogP contribution is 2.32. The van der Waals surface area contributed by atoms with Crippen molar-refractivity contribution >= 4 is 17.5 Å². The summed E-state index contributed by atoms with van der Waals surface area (Å²) in [6.07, 6.45) is 0. The second-order valence-electron chi connectivity index (χ2n) is 5.94. The van der Waals surface area contributed by atoms with Gasteiger partial charge in [0.2, 0.25) is 5.91 Å². The summed E-state index contributed by atoms with van der Waals surface area (Å²) < 4.78 is 5.80. The predicted octanol–water partition coefficient (Wildman–Crippen LogP) is 3.17. The minimum Gasteiger partial charge on any atom is -0.492 e. The molecular formula is C15H23ClN2O2. The average Bonchev–Trinajstić information content (AvgIpc) is 2.36. The van der Waals surface area contributed by atoms with Crippen LogP contribution in [0.15, 0.2) is 12.1 Å². The van der Waals surface area contributed by atoms with Crippen molar-refractivity contribution in [2.45, 2.75) is 40.5 Å². The first-order valence-corrected chi connectivity index (χ1v) is 7.00. The molecule has 4 nitrogen and oxygen atoms in total. The van der Waals surface area contributed by atoms with Crippen LogP contribution in [0, 0.1) is 12.3 Å². The lowest BCUT2D eigenvalue weighted by atomic mass is 9.94. The maximum atomic E-state index is 11.6. The minimum absolute atomic E-state index is 0.246. The summed E-state index contributed by atoms with van der Waals surface area (Å²) in [7, 11) is 0. The third-order valence-corrected chi connectivity index (χ3v) is 3.58. The molecule has 0 bridgehead atoms. The topological polar surface area (TPSA) is 64.3 Å². The molecule has 0 radical (unpaired) electrons. The Morgan fingerprint density at radius 1 is 1.45 bits per heavy atom. The fraction of sp³-hybridized carbons (Fsp3) is 0.533. The van der Waals surface area contributed by atoms with Gasteiger partial charge in [0.25, 0.3) is 0 Å². The lowest BCUT2D eigenvalue weighted by Crippen LogP contribution is -2.44. The Morgan fingerprint density at radius 3 is 2.55 bits per heavy atom. The molecule has 0 heterocycles. The Labute approximate surface area is 125 Å². The summed E-state index contributed by atoms with van der Waals surface area (Å²) in [6, 6.07) is 3.83. The van der Waals surface area contributed by atoms with Crippen molar-refractivity contribution in [3.05, 3.63) is 28.3 Å². The first kappa shape index (κ1) is 16.8. The molecule has 1 aromatic rings. The number of carbonyl (C=O) groups is 1. The number of nitrogens with one attached hydrogen (secondary N) is 1. The molecule has 0 fully saturated rings. The molecule has 20 heavy (non-hydrogen) atoms. The number of carbonyl (C=O) groups excluding carboxylic acids is 1. The van der Waals surface area contributed by atoms with Crippen molar-refractivity contribution in [1.29, 1.82) is 0 Å². The van der Waals surface area contributed by atoms with Crippen LogP contribution in [0.5, 0.6) is 5.75 Å². The third kappa shape index (κ3) is 3.87. The number of halogens is 1. The van der Waals surface area contributed by atoms with Crippen molar-refractivity contribution in [3.8, 4) is 5.75 Å². The third-order valence-electron chi connectivity index (χ3n) is 3.25. The van der Waals surface area contributed by atoms with E-state index < -0.39 is 5.41 Å². The molecule has 0 saturated carbocycles. The van der Waals surface area contributed by atoms with Gasteiger partial charge in [-0.1, -0.05) is 25.4 Å². The lowest BCUT2D eigenvalue weighted by molar-refractivity contribution is -0.130. The van der Waals surface area contributed by atoms with Gasteiger partial charge in [0.1, 0.15) is 12.4 Å². The SMILES string of the molecule is Cc1cc(Cl)c(C(C)C)cc1OCC(C)(C)C(=O)NN. The number of benzene rings is 1. The molecule has 0 atom stereocenters. The summed E-state index contributed by atoms with van der Waals surface area (Å²) in [6.45, 7) is 9.89. The van der Waals surface area contributed by atoms with E-state index in [1.807, 2.05) is 19.1 Å². The molecule has 5 heteroatoms. The number of ether oxygens (including phenoxy) is 1. The predicted molar refractivity (Wildman–Crippen MR) is 81.9 cm³/mol. The number of hydrazine groups is 1. The Hall–Kier alpha value is -1.26. The molecule has 112 valence electrons. The second kappa shape index (κ2) is 6.46. The van der Waals surface area contributed by atoms with Gasteiger partial charge < -0.3 is 4.74 Å². The van der Waals surface area contributed by atoms with Crippen LogP contribution in [0.3, 0.4) is 0 Å². The van der Waals surface area contributed by atoms with E-state index in [9.17, 15) is 4.79 Å². The normalized spacial score (nSPS) is 11.6. The van der Waals surface area contributed by atoms with Crippen LogP contribution in [0.1, 0.15) is 44.7 Å². The van der Waals surface area contributed by atoms with Crippen LogP contribution in [0.4, 0.5) is 0 Å². The first-order valence-electron chi connectivity index (χ1n) is 6.63. The van der Waals surface area contributed by atoms with E-state index >= 15 is 0 Å². The molecule has 0 unspecified atom stereocenters. The van der Waals surface area contributed by atoms with Gasteiger partial charge >= 0.3 is 0 Å². The van der Waals surface area contributed by atoms with Crippen LogP contribution in [0.2, 0.25) is 5.02 Å². The summed E-state index contributed by atoms with van der Waals surface area (Å²) >= 11 is 6.22. The summed E-state index contributed by atoms with van der Waals surface area (Å²) in [5.74, 6) is 5.97.